The minimum absolute atomic E-state index is 0.0693. The van der Waals surface area contributed by atoms with Gasteiger partial charge in [-0.15, -0.1) is 0 Å². The summed E-state index contributed by atoms with van der Waals surface area (Å²) >= 11 is 0. The van der Waals surface area contributed by atoms with Crippen molar-refractivity contribution in [3.05, 3.63) is 35.2 Å². The van der Waals surface area contributed by atoms with Crippen LogP contribution in [-0.2, 0) is 0 Å². The van der Waals surface area contributed by atoms with Crippen molar-refractivity contribution >= 4 is 0 Å². The Kier molecular flexibility index (Phi) is 3.32. The lowest BCUT2D eigenvalue weighted by atomic mass is 9.99. The molecule has 0 bridgehead atoms. The fourth-order valence-corrected chi connectivity index (χ4v) is 1.24. The van der Waals surface area contributed by atoms with Gasteiger partial charge in [-0.1, -0.05) is 24.6 Å². The summed E-state index contributed by atoms with van der Waals surface area (Å²) in [5, 5.41) is 9.01. The Morgan fingerprint density at radius 3 is 2.69 bits per heavy atom. The summed E-state index contributed by atoms with van der Waals surface area (Å²) in [7, 11) is 1.64. The number of aryl methyl sites for hydroxylation is 1. The van der Waals surface area contributed by atoms with Crippen LogP contribution in [0.15, 0.2) is 18.2 Å². The number of methoxy groups -OCH3 is 1. The summed E-state index contributed by atoms with van der Waals surface area (Å²) < 4.78 is 5.19. The zero-order valence-electron chi connectivity index (χ0n) is 8.29. The molecule has 0 saturated carbocycles. The van der Waals surface area contributed by atoms with Gasteiger partial charge in [-0.2, -0.15) is 0 Å². The lowest BCUT2D eigenvalue weighted by Gasteiger charge is -2.13. The van der Waals surface area contributed by atoms with E-state index in [9.17, 15) is 0 Å². The summed E-state index contributed by atoms with van der Waals surface area (Å²) in [6, 6.07) is 5.93. The molecule has 0 spiro atoms. The van der Waals surface area contributed by atoms with E-state index in [1.54, 1.807) is 7.11 Å². The van der Waals surface area contributed by atoms with Crippen LogP contribution in [0.1, 0.15) is 18.1 Å². The fraction of sp³-hybridized carbons (Fsp3) is 0.364. The van der Waals surface area contributed by atoms with Crippen LogP contribution in [0, 0.1) is 12.8 Å². The van der Waals surface area contributed by atoms with Gasteiger partial charge in [-0.25, -0.2) is 0 Å². The number of hydrogen-bond donors (Lipinski definition) is 1. The van der Waals surface area contributed by atoms with Gasteiger partial charge in [0.1, 0.15) is 5.75 Å². The Morgan fingerprint density at radius 2 is 2.15 bits per heavy atom. The molecule has 0 fully saturated rings. The van der Waals surface area contributed by atoms with E-state index in [2.05, 4.69) is 0 Å². The number of aliphatic hydroxyl groups is 1. The molecule has 0 atom stereocenters. The van der Waals surface area contributed by atoms with Crippen LogP contribution in [0.2, 0.25) is 0 Å². The third kappa shape index (κ3) is 2.22. The van der Waals surface area contributed by atoms with Crippen LogP contribution in [0.4, 0.5) is 0 Å². The molecule has 1 radical (unpaired) electrons. The molecular weight excluding hydrogens is 164 g/mol. The van der Waals surface area contributed by atoms with Crippen molar-refractivity contribution in [3.8, 4) is 5.75 Å². The number of rotatable bonds is 3. The van der Waals surface area contributed by atoms with E-state index in [1.165, 1.54) is 5.56 Å². The molecule has 1 rings (SSSR count). The first-order chi connectivity index (χ1) is 6.19. The fourth-order valence-electron chi connectivity index (χ4n) is 1.24. The molecular formula is C11H15O2. The van der Waals surface area contributed by atoms with Crippen LogP contribution in [0.25, 0.3) is 0 Å². The molecule has 0 saturated heterocycles. The molecule has 0 amide bonds. The zero-order chi connectivity index (χ0) is 9.84. The monoisotopic (exact) mass is 179 g/mol. The van der Waals surface area contributed by atoms with Gasteiger partial charge in [0, 0.05) is 11.5 Å². The van der Waals surface area contributed by atoms with Crippen molar-refractivity contribution in [1.82, 2.24) is 0 Å². The molecule has 0 aliphatic rings. The van der Waals surface area contributed by atoms with Crippen molar-refractivity contribution in [1.29, 1.82) is 0 Å². The minimum atomic E-state index is 0.0693. The Morgan fingerprint density at radius 1 is 1.46 bits per heavy atom. The van der Waals surface area contributed by atoms with Crippen molar-refractivity contribution in [2.45, 2.75) is 13.8 Å². The Bertz CT molecular complexity index is 281. The van der Waals surface area contributed by atoms with E-state index in [-0.39, 0.29) is 6.61 Å². The highest BCUT2D eigenvalue weighted by Gasteiger charge is 2.10. The van der Waals surface area contributed by atoms with Gasteiger partial charge in [0.2, 0.25) is 0 Å². The molecule has 0 aromatic heterocycles. The summed E-state index contributed by atoms with van der Waals surface area (Å²) in [6.07, 6.45) is 0. The SMILES string of the molecule is COc1ccc(C)cc1[C](C)CO. The van der Waals surface area contributed by atoms with E-state index in [0.717, 1.165) is 17.2 Å². The molecule has 0 aliphatic heterocycles. The second-order valence-electron chi connectivity index (χ2n) is 3.14. The summed E-state index contributed by atoms with van der Waals surface area (Å²) in [4.78, 5) is 0. The second-order valence-corrected chi connectivity index (χ2v) is 3.14. The highest BCUT2D eigenvalue weighted by Crippen LogP contribution is 2.26. The standard InChI is InChI=1S/C11H15O2/c1-8-4-5-11(13-3)10(6-8)9(2)7-12/h4-6,12H,7H2,1-3H3. The van der Waals surface area contributed by atoms with E-state index >= 15 is 0 Å². The van der Waals surface area contributed by atoms with Crippen LogP contribution in [0.3, 0.4) is 0 Å². The average molecular weight is 179 g/mol. The molecule has 1 N–H and O–H groups in total. The predicted molar refractivity (Wildman–Crippen MR) is 52.8 cm³/mol. The van der Waals surface area contributed by atoms with E-state index < -0.39 is 0 Å². The Labute approximate surface area is 79.2 Å². The van der Waals surface area contributed by atoms with E-state index in [1.807, 2.05) is 32.0 Å². The third-order valence-corrected chi connectivity index (χ3v) is 2.05. The quantitative estimate of drug-likeness (QED) is 0.768. The maximum absolute atomic E-state index is 9.01. The first-order valence-corrected chi connectivity index (χ1v) is 4.27. The average Bonchev–Trinajstić information content (AvgIpc) is 2.16. The molecule has 0 heterocycles. The van der Waals surface area contributed by atoms with Crippen LogP contribution in [-0.4, -0.2) is 18.8 Å². The van der Waals surface area contributed by atoms with Crippen molar-refractivity contribution in [2.75, 3.05) is 13.7 Å². The summed E-state index contributed by atoms with van der Waals surface area (Å²) in [6.45, 7) is 3.99. The molecule has 71 valence electrons. The predicted octanol–water partition coefficient (Wildman–Crippen LogP) is 1.94. The number of ether oxygens (including phenoxy) is 1. The smallest absolute Gasteiger partial charge is 0.122 e. The van der Waals surface area contributed by atoms with Crippen molar-refractivity contribution in [2.24, 2.45) is 0 Å². The van der Waals surface area contributed by atoms with Crippen LogP contribution < -0.4 is 4.74 Å². The number of hydrogen-bond acceptors (Lipinski definition) is 2. The molecule has 0 aliphatic carbocycles. The van der Waals surface area contributed by atoms with Gasteiger partial charge in [0.05, 0.1) is 13.7 Å². The van der Waals surface area contributed by atoms with Gasteiger partial charge in [0.25, 0.3) is 0 Å². The summed E-state index contributed by atoms with van der Waals surface area (Å²) in [5.74, 6) is 1.75. The lowest BCUT2D eigenvalue weighted by molar-refractivity contribution is 0.312. The van der Waals surface area contributed by atoms with E-state index in [0.29, 0.717) is 0 Å². The highest BCUT2D eigenvalue weighted by atomic mass is 16.5. The maximum atomic E-state index is 9.01. The number of benzene rings is 1. The van der Waals surface area contributed by atoms with Gasteiger partial charge >= 0.3 is 0 Å². The Balaban J connectivity index is 3.07. The molecule has 2 nitrogen and oxygen atoms in total. The van der Waals surface area contributed by atoms with Gasteiger partial charge in [-0.3, -0.25) is 0 Å². The van der Waals surface area contributed by atoms with Gasteiger partial charge in [-0.05, 0) is 13.0 Å². The van der Waals surface area contributed by atoms with Crippen LogP contribution >= 0.6 is 0 Å². The number of aliphatic hydroxyl groups excluding tert-OH is 1. The second kappa shape index (κ2) is 4.28. The molecule has 2 heteroatoms. The largest absolute Gasteiger partial charge is 0.496 e. The molecule has 1 aromatic rings. The topological polar surface area (TPSA) is 29.5 Å². The Hall–Kier alpha value is -1.02. The first kappa shape index (κ1) is 10.1. The normalized spacial score (nSPS) is 10.5. The first-order valence-electron chi connectivity index (χ1n) is 4.27. The van der Waals surface area contributed by atoms with Crippen molar-refractivity contribution < 1.29 is 9.84 Å². The van der Waals surface area contributed by atoms with E-state index in [4.69, 9.17) is 9.84 Å². The third-order valence-electron chi connectivity index (χ3n) is 2.05. The summed E-state index contributed by atoms with van der Waals surface area (Å²) in [5.41, 5.74) is 2.16. The van der Waals surface area contributed by atoms with Crippen LogP contribution in [0.5, 0.6) is 5.75 Å². The van der Waals surface area contributed by atoms with Gasteiger partial charge < -0.3 is 9.84 Å². The molecule has 0 unspecified atom stereocenters. The molecule has 1 aromatic carbocycles. The molecule has 13 heavy (non-hydrogen) atoms. The zero-order valence-corrected chi connectivity index (χ0v) is 8.29. The van der Waals surface area contributed by atoms with Gasteiger partial charge in [0.15, 0.2) is 0 Å². The lowest BCUT2D eigenvalue weighted by Crippen LogP contribution is -2.03. The highest BCUT2D eigenvalue weighted by molar-refractivity contribution is 5.45. The maximum Gasteiger partial charge on any atom is 0.122 e. The van der Waals surface area contributed by atoms with Crippen molar-refractivity contribution in [3.63, 3.8) is 0 Å². The minimum Gasteiger partial charge on any atom is -0.496 e.